The Balaban J connectivity index is 2.08. The molecular weight excluding hydrogens is 226 g/mol. The zero-order valence-electron chi connectivity index (χ0n) is 8.69. The van der Waals surface area contributed by atoms with Crippen molar-refractivity contribution in [2.75, 3.05) is 5.32 Å². The first-order chi connectivity index (χ1) is 7.68. The van der Waals surface area contributed by atoms with Crippen LogP contribution in [0, 0.1) is 6.92 Å². The van der Waals surface area contributed by atoms with Gasteiger partial charge < -0.3 is 14.8 Å². The number of hydrogen-bond donors (Lipinski definition) is 2. The Bertz CT molecular complexity index is 501. The van der Waals surface area contributed by atoms with Crippen LogP contribution in [0.15, 0.2) is 28.2 Å². The molecule has 4 nitrogen and oxygen atoms in total. The average Bonchev–Trinajstić information content (AvgIpc) is 2.83. The van der Waals surface area contributed by atoms with E-state index in [-0.39, 0.29) is 5.76 Å². The van der Waals surface area contributed by atoms with Gasteiger partial charge in [-0.25, -0.2) is 4.79 Å². The highest BCUT2D eigenvalue weighted by Crippen LogP contribution is 2.23. The first kappa shape index (κ1) is 10.8. The number of furan rings is 1. The third kappa shape index (κ3) is 2.09. The lowest BCUT2D eigenvalue weighted by molar-refractivity contribution is 0.0661. The summed E-state index contributed by atoms with van der Waals surface area (Å²) in [6, 6.07) is 3.68. The molecule has 2 N–H and O–H groups in total. The number of hydrogen-bond acceptors (Lipinski definition) is 4. The molecule has 0 spiro atoms. The molecule has 0 aromatic carbocycles. The van der Waals surface area contributed by atoms with Gasteiger partial charge in [0.1, 0.15) is 0 Å². The van der Waals surface area contributed by atoms with Crippen molar-refractivity contribution in [3.8, 4) is 0 Å². The van der Waals surface area contributed by atoms with E-state index in [1.807, 2.05) is 18.4 Å². The molecule has 0 aliphatic carbocycles. The zero-order valence-corrected chi connectivity index (χ0v) is 9.50. The fourth-order valence-electron chi connectivity index (χ4n) is 1.39. The summed E-state index contributed by atoms with van der Waals surface area (Å²) in [5.41, 5.74) is 1.81. The highest BCUT2D eigenvalue weighted by atomic mass is 32.1. The summed E-state index contributed by atoms with van der Waals surface area (Å²) < 4.78 is 4.89. The van der Waals surface area contributed by atoms with Crippen molar-refractivity contribution >= 4 is 22.3 Å². The average molecular weight is 237 g/mol. The number of nitrogens with one attached hydrogen (secondary N) is 1. The Hall–Kier alpha value is -1.75. The fraction of sp³-hybridized carbons (Fsp3) is 0.182. The van der Waals surface area contributed by atoms with E-state index in [1.165, 1.54) is 6.26 Å². The second-order valence-electron chi connectivity index (χ2n) is 3.37. The predicted molar refractivity (Wildman–Crippen MR) is 62.1 cm³/mol. The lowest BCUT2D eigenvalue weighted by Gasteiger charge is -2.03. The van der Waals surface area contributed by atoms with Crippen LogP contribution < -0.4 is 5.32 Å². The van der Waals surface area contributed by atoms with Gasteiger partial charge in [0, 0.05) is 12.1 Å². The third-order valence-electron chi connectivity index (χ3n) is 2.24. The van der Waals surface area contributed by atoms with Gasteiger partial charge in [0.05, 0.1) is 11.3 Å². The molecule has 0 unspecified atom stereocenters. The van der Waals surface area contributed by atoms with Gasteiger partial charge >= 0.3 is 5.97 Å². The number of anilines is 1. The van der Waals surface area contributed by atoms with Crippen LogP contribution in [0.5, 0.6) is 0 Å². The molecule has 0 atom stereocenters. The maximum absolute atomic E-state index is 10.8. The molecule has 2 heterocycles. The summed E-state index contributed by atoms with van der Waals surface area (Å²) in [4.78, 5) is 10.8. The summed E-state index contributed by atoms with van der Waals surface area (Å²) in [5, 5.41) is 15.1. The first-order valence-corrected chi connectivity index (χ1v) is 5.64. The van der Waals surface area contributed by atoms with E-state index in [9.17, 15) is 4.79 Å². The normalized spacial score (nSPS) is 10.3. The highest BCUT2D eigenvalue weighted by molar-refractivity contribution is 7.14. The van der Waals surface area contributed by atoms with Crippen molar-refractivity contribution in [1.29, 1.82) is 0 Å². The van der Waals surface area contributed by atoms with Crippen LogP contribution in [0.2, 0.25) is 0 Å². The van der Waals surface area contributed by atoms with Crippen LogP contribution in [0.1, 0.15) is 21.7 Å². The van der Waals surface area contributed by atoms with Gasteiger partial charge in [0.2, 0.25) is 5.76 Å². The van der Waals surface area contributed by atoms with Crippen molar-refractivity contribution in [3.05, 3.63) is 40.7 Å². The molecule has 0 saturated carbocycles. The molecule has 0 aliphatic rings. The number of aromatic carboxylic acids is 1. The van der Waals surface area contributed by atoms with Crippen LogP contribution in [0.4, 0.5) is 5.00 Å². The molecule has 5 heteroatoms. The zero-order chi connectivity index (χ0) is 11.5. The van der Waals surface area contributed by atoms with Crippen molar-refractivity contribution in [1.82, 2.24) is 0 Å². The number of carboxylic acids is 1. The molecule has 0 bridgehead atoms. The minimum atomic E-state index is -1.04. The Morgan fingerprint density at radius 1 is 1.56 bits per heavy atom. The van der Waals surface area contributed by atoms with E-state index in [0.717, 1.165) is 10.6 Å². The topological polar surface area (TPSA) is 62.5 Å². The fourth-order valence-corrected chi connectivity index (χ4v) is 2.21. The molecule has 16 heavy (non-hydrogen) atoms. The van der Waals surface area contributed by atoms with Crippen LogP contribution in [-0.2, 0) is 6.54 Å². The Kier molecular flexibility index (Phi) is 2.96. The van der Waals surface area contributed by atoms with Crippen LogP contribution in [0.3, 0.4) is 0 Å². The summed E-state index contributed by atoms with van der Waals surface area (Å²) in [6.45, 7) is 2.46. The number of carbonyl (C=O) groups is 1. The van der Waals surface area contributed by atoms with Crippen LogP contribution in [-0.4, -0.2) is 11.1 Å². The minimum absolute atomic E-state index is 0.00158. The molecule has 2 rings (SSSR count). The highest BCUT2D eigenvalue weighted by Gasteiger charge is 2.13. The molecule has 0 fully saturated rings. The second kappa shape index (κ2) is 4.40. The summed E-state index contributed by atoms with van der Waals surface area (Å²) in [7, 11) is 0. The van der Waals surface area contributed by atoms with Gasteiger partial charge in [0.15, 0.2) is 0 Å². The molecular formula is C11H11NO3S. The smallest absolute Gasteiger partial charge is 0.372 e. The Morgan fingerprint density at radius 2 is 2.38 bits per heavy atom. The van der Waals surface area contributed by atoms with Crippen LogP contribution in [0.25, 0.3) is 0 Å². The van der Waals surface area contributed by atoms with E-state index < -0.39 is 5.97 Å². The molecule has 2 aromatic rings. The van der Waals surface area contributed by atoms with Crippen molar-refractivity contribution < 1.29 is 14.3 Å². The second-order valence-corrected chi connectivity index (χ2v) is 4.28. The molecule has 2 aromatic heterocycles. The van der Waals surface area contributed by atoms with E-state index in [4.69, 9.17) is 9.52 Å². The third-order valence-corrected chi connectivity index (χ3v) is 3.22. The standard InChI is InChI=1S/C11H11NO3S/c1-7-3-5-16-10(7)12-6-8-2-4-15-9(8)11(13)14/h2-5,12H,6H2,1H3,(H,13,14). The van der Waals surface area contributed by atoms with Crippen molar-refractivity contribution in [3.63, 3.8) is 0 Å². The van der Waals surface area contributed by atoms with E-state index >= 15 is 0 Å². The number of thiophene rings is 1. The van der Waals surface area contributed by atoms with E-state index in [0.29, 0.717) is 12.1 Å². The summed E-state index contributed by atoms with van der Waals surface area (Å²) in [5.74, 6) is -1.04. The molecule has 0 radical (unpaired) electrons. The summed E-state index contributed by atoms with van der Waals surface area (Å²) >= 11 is 1.60. The van der Waals surface area contributed by atoms with Gasteiger partial charge in [0.25, 0.3) is 0 Å². The summed E-state index contributed by atoms with van der Waals surface area (Å²) in [6.07, 6.45) is 1.39. The molecule has 0 amide bonds. The largest absolute Gasteiger partial charge is 0.475 e. The first-order valence-electron chi connectivity index (χ1n) is 4.76. The number of carboxylic acid groups (broad SMARTS) is 1. The van der Waals surface area contributed by atoms with Gasteiger partial charge in [-0.15, -0.1) is 11.3 Å². The Morgan fingerprint density at radius 3 is 3.00 bits per heavy atom. The van der Waals surface area contributed by atoms with Gasteiger partial charge in [-0.05, 0) is 30.0 Å². The monoisotopic (exact) mass is 237 g/mol. The molecule has 84 valence electrons. The van der Waals surface area contributed by atoms with Gasteiger partial charge in [-0.1, -0.05) is 0 Å². The maximum atomic E-state index is 10.8. The lowest BCUT2D eigenvalue weighted by atomic mass is 10.2. The Labute approximate surface area is 96.5 Å². The van der Waals surface area contributed by atoms with E-state index in [2.05, 4.69) is 5.32 Å². The SMILES string of the molecule is Cc1ccsc1NCc1ccoc1C(=O)O. The van der Waals surface area contributed by atoms with Gasteiger partial charge in [-0.2, -0.15) is 0 Å². The predicted octanol–water partition coefficient (Wildman–Crippen LogP) is 2.96. The molecule has 0 saturated heterocycles. The van der Waals surface area contributed by atoms with E-state index in [1.54, 1.807) is 17.4 Å². The minimum Gasteiger partial charge on any atom is -0.475 e. The lowest BCUT2D eigenvalue weighted by Crippen LogP contribution is -2.04. The maximum Gasteiger partial charge on any atom is 0.372 e. The van der Waals surface area contributed by atoms with Crippen molar-refractivity contribution in [2.24, 2.45) is 0 Å². The quantitative estimate of drug-likeness (QED) is 0.858. The van der Waals surface area contributed by atoms with Gasteiger partial charge in [-0.3, -0.25) is 0 Å². The number of rotatable bonds is 4. The van der Waals surface area contributed by atoms with Crippen molar-refractivity contribution in [2.45, 2.75) is 13.5 Å². The molecule has 0 aliphatic heterocycles. The number of aryl methyl sites for hydroxylation is 1. The van der Waals surface area contributed by atoms with Crippen LogP contribution >= 0.6 is 11.3 Å².